The number of hydrogen-bond acceptors (Lipinski definition) is 8. The number of carbonyl (C=O) groups is 3. The molecule has 8 nitrogen and oxygen atoms in total. The zero-order chi connectivity index (χ0) is 22.5. The van der Waals surface area contributed by atoms with Gasteiger partial charge in [0, 0.05) is 38.8 Å². The molecule has 31 heavy (non-hydrogen) atoms. The Morgan fingerprint density at radius 3 is 2.13 bits per heavy atom. The highest BCUT2D eigenvalue weighted by Crippen LogP contribution is 2.42. The summed E-state index contributed by atoms with van der Waals surface area (Å²) in [5, 5.41) is 0.427. The van der Waals surface area contributed by atoms with E-state index in [1.807, 2.05) is 4.90 Å². The average molecular weight is 452 g/mol. The van der Waals surface area contributed by atoms with E-state index in [4.69, 9.17) is 9.47 Å². The van der Waals surface area contributed by atoms with Crippen molar-refractivity contribution in [1.29, 1.82) is 0 Å². The molecule has 0 bridgehead atoms. The van der Waals surface area contributed by atoms with Crippen LogP contribution >= 0.6 is 11.8 Å². The van der Waals surface area contributed by atoms with E-state index < -0.39 is 11.9 Å². The summed E-state index contributed by atoms with van der Waals surface area (Å²) in [4.78, 5) is 41.7. The number of halogens is 1. The van der Waals surface area contributed by atoms with Crippen molar-refractivity contribution in [3.05, 3.63) is 34.6 Å². The quantitative estimate of drug-likeness (QED) is 0.282. The molecule has 2 aliphatic rings. The molecule has 2 saturated heterocycles. The first-order chi connectivity index (χ1) is 14.9. The van der Waals surface area contributed by atoms with Crippen LogP contribution in [0, 0.1) is 5.82 Å². The highest BCUT2D eigenvalue weighted by molar-refractivity contribution is 8.05. The van der Waals surface area contributed by atoms with E-state index in [-0.39, 0.29) is 30.5 Å². The van der Waals surface area contributed by atoms with Gasteiger partial charge in [0.2, 0.25) is 5.91 Å². The molecular weight excluding hydrogens is 425 g/mol. The van der Waals surface area contributed by atoms with Crippen LogP contribution in [-0.2, 0) is 23.9 Å². The Balaban J connectivity index is 1.88. The fourth-order valence-corrected chi connectivity index (χ4v) is 4.38. The van der Waals surface area contributed by atoms with E-state index in [9.17, 15) is 18.8 Å². The maximum atomic E-state index is 14.6. The number of amides is 1. The molecule has 0 N–H and O–H groups in total. The van der Waals surface area contributed by atoms with E-state index >= 15 is 0 Å². The van der Waals surface area contributed by atoms with Crippen LogP contribution in [-0.4, -0.2) is 68.0 Å². The lowest BCUT2D eigenvalue weighted by Gasteiger charge is -2.38. The summed E-state index contributed by atoms with van der Waals surface area (Å²) >= 11 is 1.33. The number of nitrogens with zero attached hydrogens (tertiary/aromatic N) is 3. The Hall–Kier alpha value is -2.75. The molecule has 10 heteroatoms. The van der Waals surface area contributed by atoms with Gasteiger partial charge in [-0.2, -0.15) is 0 Å². The molecule has 1 amide bonds. The van der Waals surface area contributed by atoms with Crippen LogP contribution in [0.4, 0.5) is 15.8 Å². The van der Waals surface area contributed by atoms with Crippen LogP contribution in [0.2, 0.25) is 0 Å². The van der Waals surface area contributed by atoms with Crippen LogP contribution in [0.25, 0.3) is 0 Å². The SMILES string of the molecule is CCOC(=O)C(C(=O)OCC)=C1SCN1c1ccc(F)c(N2CCN(C(C)=O)CC2)c1. The molecule has 168 valence electrons. The van der Waals surface area contributed by atoms with Crippen molar-refractivity contribution in [3.63, 3.8) is 0 Å². The van der Waals surface area contributed by atoms with E-state index in [1.165, 1.54) is 24.8 Å². The van der Waals surface area contributed by atoms with E-state index in [0.717, 1.165) is 0 Å². The molecule has 0 aromatic heterocycles. The number of hydrogen-bond donors (Lipinski definition) is 0. The second kappa shape index (κ2) is 10.0. The summed E-state index contributed by atoms with van der Waals surface area (Å²) in [6, 6.07) is 4.68. The van der Waals surface area contributed by atoms with Crippen LogP contribution in [0.1, 0.15) is 20.8 Å². The van der Waals surface area contributed by atoms with Crippen LogP contribution in [0.5, 0.6) is 0 Å². The molecule has 3 rings (SSSR count). The molecule has 2 fully saturated rings. The van der Waals surface area contributed by atoms with Gasteiger partial charge in [-0.25, -0.2) is 14.0 Å². The van der Waals surface area contributed by atoms with Gasteiger partial charge in [-0.1, -0.05) is 11.8 Å². The molecule has 2 aliphatic heterocycles. The van der Waals surface area contributed by atoms with Gasteiger partial charge in [0.05, 0.1) is 29.8 Å². The van der Waals surface area contributed by atoms with Crippen molar-refractivity contribution in [2.75, 3.05) is 55.1 Å². The van der Waals surface area contributed by atoms with Crippen molar-refractivity contribution in [2.24, 2.45) is 0 Å². The third kappa shape index (κ3) is 4.95. The second-order valence-electron chi connectivity index (χ2n) is 6.95. The number of benzene rings is 1. The topological polar surface area (TPSA) is 79.4 Å². The second-order valence-corrected chi connectivity index (χ2v) is 7.88. The van der Waals surface area contributed by atoms with Gasteiger partial charge < -0.3 is 24.2 Å². The Bertz CT molecular complexity index is 879. The van der Waals surface area contributed by atoms with Crippen molar-refractivity contribution in [2.45, 2.75) is 20.8 Å². The molecule has 0 aliphatic carbocycles. The number of anilines is 2. The Labute approximate surface area is 184 Å². The molecule has 0 atom stereocenters. The van der Waals surface area contributed by atoms with Gasteiger partial charge in [-0.05, 0) is 32.0 Å². The summed E-state index contributed by atoms with van der Waals surface area (Å²) in [5.74, 6) is -1.34. The summed E-state index contributed by atoms with van der Waals surface area (Å²) in [7, 11) is 0. The zero-order valence-electron chi connectivity index (χ0n) is 17.9. The number of carbonyl (C=O) groups excluding carboxylic acids is 3. The third-order valence-electron chi connectivity index (χ3n) is 5.06. The lowest BCUT2D eigenvalue weighted by molar-refractivity contribution is -0.146. The minimum absolute atomic E-state index is 0.00622. The fraction of sp³-hybridized carbons (Fsp3) is 0.476. The minimum atomic E-state index is -0.740. The van der Waals surface area contributed by atoms with Gasteiger partial charge in [0.15, 0.2) is 5.57 Å². The summed E-state index contributed by atoms with van der Waals surface area (Å²) in [6.45, 7) is 7.21. The minimum Gasteiger partial charge on any atom is -0.462 e. The van der Waals surface area contributed by atoms with Crippen molar-refractivity contribution < 1.29 is 28.2 Å². The number of thioether (sulfide) groups is 1. The maximum Gasteiger partial charge on any atom is 0.348 e. The maximum absolute atomic E-state index is 14.6. The van der Waals surface area contributed by atoms with E-state index in [1.54, 1.807) is 35.8 Å². The van der Waals surface area contributed by atoms with Gasteiger partial charge in [-0.3, -0.25) is 4.79 Å². The molecule has 0 radical (unpaired) electrons. The first kappa shape index (κ1) is 22.9. The van der Waals surface area contributed by atoms with E-state index in [0.29, 0.717) is 48.5 Å². The number of piperazine rings is 1. The molecule has 0 saturated carbocycles. The summed E-state index contributed by atoms with van der Waals surface area (Å²) in [6.07, 6.45) is 0. The smallest absolute Gasteiger partial charge is 0.348 e. The molecule has 1 aromatic rings. The van der Waals surface area contributed by atoms with Gasteiger partial charge >= 0.3 is 11.9 Å². The predicted octanol–water partition coefficient (Wildman–Crippen LogP) is 2.34. The van der Waals surface area contributed by atoms with Crippen LogP contribution in [0.3, 0.4) is 0 Å². The molecular formula is C21H26FN3O5S. The first-order valence-corrected chi connectivity index (χ1v) is 11.1. The van der Waals surface area contributed by atoms with Crippen molar-refractivity contribution in [1.82, 2.24) is 4.90 Å². The van der Waals surface area contributed by atoms with E-state index in [2.05, 4.69) is 0 Å². The van der Waals surface area contributed by atoms with Gasteiger partial charge in [0.1, 0.15) is 5.82 Å². The van der Waals surface area contributed by atoms with Crippen molar-refractivity contribution in [3.8, 4) is 0 Å². The highest BCUT2D eigenvalue weighted by Gasteiger charge is 2.35. The molecule has 0 spiro atoms. The lowest BCUT2D eigenvalue weighted by Crippen LogP contribution is -2.48. The Kier molecular flexibility index (Phi) is 7.42. The molecule has 1 aromatic carbocycles. The Morgan fingerprint density at radius 1 is 1.03 bits per heavy atom. The monoisotopic (exact) mass is 451 g/mol. The number of ether oxygens (including phenoxy) is 2. The Morgan fingerprint density at radius 2 is 1.65 bits per heavy atom. The predicted molar refractivity (Wildman–Crippen MR) is 116 cm³/mol. The third-order valence-corrected chi connectivity index (χ3v) is 6.14. The summed E-state index contributed by atoms with van der Waals surface area (Å²) in [5.41, 5.74) is 0.928. The molecule has 2 heterocycles. The summed E-state index contributed by atoms with van der Waals surface area (Å²) < 4.78 is 24.7. The van der Waals surface area contributed by atoms with Crippen LogP contribution < -0.4 is 9.80 Å². The van der Waals surface area contributed by atoms with Crippen LogP contribution in [0.15, 0.2) is 28.8 Å². The molecule has 0 unspecified atom stereocenters. The largest absolute Gasteiger partial charge is 0.462 e. The fourth-order valence-electron chi connectivity index (χ4n) is 3.43. The zero-order valence-corrected chi connectivity index (χ0v) is 18.7. The average Bonchev–Trinajstić information content (AvgIpc) is 2.72. The number of esters is 2. The van der Waals surface area contributed by atoms with Crippen molar-refractivity contribution >= 4 is 41.0 Å². The normalized spacial score (nSPS) is 16.0. The number of rotatable bonds is 6. The first-order valence-electron chi connectivity index (χ1n) is 10.2. The standard InChI is InChI=1S/C21H26FN3O5S/c1-4-29-20(27)18(21(28)30-5-2)19-25(13-31-19)15-6-7-16(22)17(12-15)24-10-8-23(9-11-24)14(3)26/h6-7,12H,4-5,8-11,13H2,1-3H3. The highest BCUT2D eigenvalue weighted by atomic mass is 32.2. The van der Waals surface area contributed by atoms with Gasteiger partial charge in [-0.15, -0.1) is 0 Å². The lowest BCUT2D eigenvalue weighted by atomic mass is 10.2. The van der Waals surface area contributed by atoms with Gasteiger partial charge in [0.25, 0.3) is 0 Å².